The largest absolute Gasteiger partial charge is 0.378 e. The van der Waals surface area contributed by atoms with E-state index in [1.54, 1.807) is 11.3 Å². The van der Waals surface area contributed by atoms with Gasteiger partial charge in [-0.3, -0.25) is 9.59 Å². The molecule has 0 unspecified atom stereocenters. The highest BCUT2D eigenvalue weighted by atomic mass is 32.1. The number of hydrogen-bond acceptors (Lipinski definition) is 6. The molecule has 1 amide bonds. The van der Waals surface area contributed by atoms with Gasteiger partial charge in [0.05, 0.1) is 23.4 Å². The summed E-state index contributed by atoms with van der Waals surface area (Å²) in [5.74, 6) is -0.819. The number of ether oxygens (including phenoxy) is 1. The maximum Gasteiger partial charge on any atom is 0.224 e. The van der Waals surface area contributed by atoms with Crippen LogP contribution in [0.4, 0.5) is 15.2 Å². The van der Waals surface area contributed by atoms with Gasteiger partial charge in [-0.2, -0.15) is 0 Å². The second kappa shape index (κ2) is 8.67. The summed E-state index contributed by atoms with van der Waals surface area (Å²) in [6, 6.07) is 10.9. The van der Waals surface area contributed by atoms with Crippen LogP contribution in [-0.2, 0) is 9.53 Å². The van der Waals surface area contributed by atoms with Gasteiger partial charge in [0.1, 0.15) is 5.82 Å². The van der Waals surface area contributed by atoms with Crippen molar-refractivity contribution >= 4 is 44.1 Å². The van der Waals surface area contributed by atoms with Gasteiger partial charge in [-0.1, -0.05) is 11.3 Å². The van der Waals surface area contributed by atoms with Gasteiger partial charge < -0.3 is 15.0 Å². The number of ketones is 1. The summed E-state index contributed by atoms with van der Waals surface area (Å²) in [5.41, 5.74) is 1.97. The van der Waals surface area contributed by atoms with Crippen molar-refractivity contribution in [2.24, 2.45) is 0 Å². The molecule has 0 saturated carbocycles. The second-order valence-electron chi connectivity index (χ2n) is 6.76. The number of nitrogens with one attached hydrogen (secondary N) is 1. The Morgan fingerprint density at radius 2 is 1.86 bits per heavy atom. The zero-order valence-electron chi connectivity index (χ0n) is 15.7. The molecule has 8 heteroatoms. The number of fused-ring (bicyclic) bond motifs is 1. The normalized spacial score (nSPS) is 14.2. The number of benzene rings is 2. The van der Waals surface area contributed by atoms with Crippen LogP contribution in [0.5, 0.6) is 0 Å². The number of Topliss-reactive ketones (excluding diaryl/α,β-unsaturated/α-hetero) is 1. The first-order chi connectivity index (χ1) is 14.1. The Balaban J connectivity index is 1.36. The van der Waals surface area contributed by atoms with E-state index in [0.29, 0.717) is 24.5 Å². The molecule has 6 nitrogen and oxygen atoms in total. The fraction of sp³-hybridized carbons (Fsp3) is 0.286. The smallest absolute Gasteiger partial charge is 0.224 e. The number of halogens is 1. The molecule has 1 aliphatic heterocycles. The van der Waals surface area contributed by atoms with Crippen molar-refractivity contribution in [1.29, 1.82) is 0 Å². The van der Waals surface area contributed by atoms with Crippen LogP contribution < -0.4 is 10.2 Å². The van der Waals surface area contributed by atoms with Crippen molar-refractivity contribution in [2.45, 2.75) is 12.8 Å². The predicted octanol–water partition coefficient (Wildman–Crippen LogP) is 3.87. The molecule has 2 heterocycles. The van der Waals surface area contributed by atoms with Crippen molar-refractivity contribution in [3.05, 3.63) is 53.8 Å². The average molecular weight is 413 g/mol. The number of thiazole rings is 1. The van der Waals surface area contributed by atoms with Crippen molar-refractivity contribution in [3.8, 4) is 0 Å². The number of carbonyl (C=O) groups excluding carboxylic acids is 2. The van der Waals surface area contributed by atoms with Gasteiger partial charge in [-0.15, -0.1) is 0 Å². The summed E-state index contributed by atoms with van der Waals surface area (Å²) < 4.78 is 19.3. The fourth-order valence-electron chi connectivity index (χ4n) is 3.11. The molecular formula is C21H20FN3O3S. The minimum Gasteiger partial charge on any atom is -0.378 e. The number of morpholine rings is 1. The van der Waals surface area contributed by atoms with Gasteiger partial charge in [0.15, 0.2) is 10.9 Å². The third-order valence-electron chi connectivity index (χ3n) is 4.69. The van der Waals surface area contributed by atoms with Gasteiger partial charge in [0, 0.05) is 37.2 Å². The highest BCUT2D eigenvalue weighted by molar-refractivity contribution is 7.22. The summed E-state index contributed by atoms with van der Waals surface area (Å²) in [6.45, 7) is 3.05. The molecule has 1 fully saturated rings. The summed E-state index contributed by atoms with van der Waals surface area (Å²) in [5, 5.41) is 3.79. The lowest BCUT2D eigenvalue weighted by Gasteiger charge is -2.25. The molecule has 0 bridgehead atoms. The van der Waals surface area contributed by atoms with Gasteiger partial charge in [-0.05, 0) is 42.5 Å². The lowest BCUT2D eigenvalue weighted by molar-refractivity contribution is -0.116. The van der Waals surface area contributed by atoms with Crippen LogP contribution in [0.25, 0.3) is 10.2 Å². The van der Waals surface area contributed by atoms with Crippen molar-refractivity contribution < 1.29 is 18.7 Å². The van der Waals surface area contributed by atoms with E-state index in [-0.39, 0.29) is 24.5 Å². The number of nitrogens with zero attached hydrogens (tertiary/aromatic N) is 2. The molecule has 150 valence electrons. The summed E-state index contributed by atoms with van der Waals surface area (Å²) >= 11 is 1.58. The maximum atomic E-state index is 12.9. The Morgan fingerprint density at radius 3 is 2.62 bits per heavy atom. The third-order valence-corrected chi connectivity index (χ3v) is 5.77. The highest BCUT2D eigenvalue weighted by Crippen LogP contribution is 2.31. The number of amides is 1. The molecule has 29 heavy (non-hydrogen) atoms. The number of rotatable bonds is 6. The van der Waals surface area contributed by atoms with Crippen LogP contribution in [0.2, 0.25) is 0 Å². The lowest BCUT2D eigenvalue weighted by atomic mass is 10.1. The van der Waals surface area contributed by atoms with Crippen LogP contribution in [0.1, 0.15) is 23.2 Å². The molecule has 0 atom stereocenters. The molecule has 4 rings (SSSR count). The minimum absolute atomic E-state index is 0.0654. The standard InChI is InChI=1S/C21H20FN3O3S/c22-15-3-1-14(2-4-15)18(26)7-8-20(27)23-16-5-6-17-19(13-16)29-21(24-17)25-9-11-28-12-10-25/h1-6,13H,7-12H2,(H,23,27). The van der Waals surface area contributed by atoms with E-state index >= 15 is 0 Å². The first kappa shape index (κ1) is 19.5. The second-order valence-corrected chi connectivity index (χ2v) is 7.77. The molecule has 2 aromatic carbocycles. The number of carbonyl (C=O) groups is 2. The topological polar surface area (TPSA) is 71.5 Å². The zero-order valence-corrected chi connectivity index (χ0v) is 16.5. The van der Waals surface area contributed by atoms with E-state index in [4.69, 9.17) is 4.74 Å². The molecule has 1 aliphatic rings. The Bertz CT molecular complexity index is 1030. The Hall–Kier alpha value is -2.84. The Morgan fingerprint density at radius 1 is 1.10 bits per heavy atom. The predicted molar refractivity (Wildman–Crippen MR) is 111 cm³/mol. The summed E-state index contributed by atoms with van der Waals surface area (Å²) in [7, 11) is 0. The third kappa shape index (κ3) is 4.78. The maximum absolute atomic E-state index is 12.9. The highest BCUT2D eigenvalue weighted by Gasteiger charge is 2.16. The first-order valence-electron chi connectivity index (χ1n) is 9.40. The van der Waals surface area contributed by atoms with Crippen molar-refractivity contribution in [2.75, 3.05) is 36.5 Å². The molecule has 1 N–H and O–H groups in total. The first-order valence-corrected chi connectivity index (χ1v) is 10.2. The van der Waals surface area contributed by atoms with E-state index in [9.17, 15) is 14.0 Å². The quantitative estimate of drug-likeness (QED) is 0.621. The van der Waals surface area contributed by atoms with Gasteiger partial charge >= 0.3 is 0 Å². The van der Waals surface area contributed by atoms with Crippen LogP contribution in [0.3, 0.4) is 0 Å². The van der Waals surface area contributed by atoms with Gasteiger partial charge in [-0.25, -0.2) is 9.37 Å². The van der Waals surface area contributed by atoms with E-state index in [0.717, 1.165) is 28.4 Å². The minimum atomic E-state index is -0.394. The van der Waals surface area contributed by atoms with Gasteiger partial charge in [0.2, 0.25) is 5.91 Å². The molecule has 3 aromatic rings. The number of anilines is 2. The molecule has 1 aromatic heterocycles. The Labute approximate surface area is 171 Å². The molecular weight excluding hydrogens is 393 g/mol. The lowest BCUT2D eigenvalue weighted by Crippen LogP contribution is -2.36. The van der Waals surface area contributed by atoms with Crippen LogP contribution in [0.15, 0.2) is 42.5 Å². The van der Waals surface area contributed by atoms with Crippen LogP contribution >= 0.6 is 11.3 Å². The van der Waals surface area contributed by atoms with E-state index in [1.165, 1.54) is 24.3 Å². The number of aromatic nitrogens is 1. The zero-order chi connectivity index (χ0) is 20.2. The summed E-state index contributed by atoms with van der Waals surface area (Å²) in [4.78, 5) is 31.2. The average Bonchev–Trinajstić information content (AvgIpc) is 3.17. The van der Waals surface area contributed by atoms with E-state index < -0.39 is 5.82 Å². The molecule has 0 spiro atoms. The molecule has 1 saturated heterocycles. The molecule has 0 radical (unpaired) electrons. The monoisotopic (exact) mass is 413 g/mol. The Kier molecular flexibility index (Phi) is 5.82. The fourth-order valence-corrected chi connectivity index (χ4v) is 4.17. The molecule has 0 aliphatic carbocycles. The van der Waals surface area contributed by atoms with Crippen molar-refractivity contribution in [1.82, 2.24) is 4.98 Å². The van der Waals surface area contributed by atoms with Crippen LogP contribution in [0, 0.1) is 5.82 Å². The van der Waals surface area contributed by atoms with Crippen LogP contribution in [-0.4, -0.2) is 43.0 Å². The van der Waals surface area contributed by atoms with Gasteiger partial charge in [0.25, 0.3) is 0 Å². The van der Waals surface area contributed by atoms with Crippen molar-refractivity contribution in [3.63, 3.8) is 0 Å². The summed E-state index contributed by atoms with van der Waals surface area (Å²) in [6.07, 6.45) is 0.136. The van der Waals surface area contributed by atoms with E-state index in [1.807, 2.05) is 18.2 Å². The van der Waals surface area contributed by atoms with E-state index in [2.05, 4.69) is 15.2 Å². The SMILES string of the molecule is O=C(CCC(=O)c1ccc(F)cc1)Nc1ccc2nc(N3CCOCC3)sc2c1. The number of hydrogen-bond donors (Lipinski definition) is 1.